The molecule has 0 saturated heterocycles. The number of allylic oxidation sites excluding steroid dienone is 1. The highest BCUT2D eigenvalue weighted by Crippen LogP contribution is 2.31. The number of rotatable bonds is 5. The van der Waals surface area contributed by atoms with E-state index in [-0.39, 0.29) is 11.7 Å². The SMILES string of the molecule is CSc1ccc(C2C(C(=O)OC(C)C)=C(C)N=c3sc(=Cc4ccccc4)c(=O)n32)cc1. The maximum Gasteiger partial charge on any atom is 0.338 e. The van der Waals surface area contributed by atoms with Crippen LogP contribution < -0.4 is 14.9 Å². The van der Waals surface area contributed by atoms with E-state index in [4.69, 9.17) is 4.74 Å². The van der Waals surface area contributed by atoms with Crippen molar-refractivity contribution >= 4 is 35.1 Å². The zero-order chi connectivity index (χ0) is 22.8. The highest BCUT2D eigenvalue weighted by Gasteiger charge is 2.33. The van der Waals surface area contributed by atoms with Crippen LogP contribution in [0.3, 0.4) is 0 Å². The second-order valence-corrected chi connectivity index (χ2v) is 9.61. The Morgan fingerprint density at radius 3 is 2.47 bits per heavy atom. The minimum absolute atomic E-state index is 0.168. The van der Waals surface area contributed by atoms with Gasteiger partial charge in [0.25, 0.3) is 5.56 Å². The highest BCUT2D eigenvalue weighted by atomic mass is 32.2. The average molecular weight is 465 g/mol. The Labute approximate surface area is 194 Å². The molecule has 5 nitrogen and oxygen atoms in total. The predicted octanol–water partition coefficient (Wildman–Crippen LogP) is 3.91. The molecule has 1 aliphatic rings. The third-order valence-electron chi connectivity index (χ3n) is 5.11. The predicted molar refractivity (Wildman–Crippen MR) is 130 cm³/mol. The van der Waals surface area contributed by atoms with Crippen LogP contribution in [0.1, 0.15) is 37.9 Å². The molecule has 2 heterocycles. The fraction of sp³-hybridized carbons (Fsp3) is 0.240. The van der Waals surface area contributed by atoms with E-state index >= 15 is 0 Å². The molecule has 0 amide bonds. The largest absolute Gasteiger partial charge is 0.459 e. The van der Waals surface area contributed by atoms with Crippen molar-refractivity contribution in [3.05, 3.63) is 96.7 Å². The van der Waals surface area contributed by atoms with Crippen molar-refractivity contribution in [3.8, 4) is 0 Å². The first-order chi connectivity index (χ1) is 15.4. The van der Waals surface area contributed by atoms with Gasteiger partial charge < -0.3 is 4.74 Å². The Bertz CT molecular complexity index is 1350. The van der Waals surface area contributed by atoms with Crippen LogP contribution in [0.15, 0.2) is 80.5 Å². The van der Waals surface area contributed by atoms with Crippen LogP contribution in [0, 0.1) is 0 Å². The molecule has 3 aromatic rings. The Morgan fingerprint density at radius 2 is 1.84 bits per heavy atom. The van der Waals surface area contributed by atoms with Crippen molar-refractivity contribution in [1.82, 2.24) is 4.57 Å². The van der Waals surface area contributed by atoms with Crippen LogP contribution in [0.2, 0.25) is 0 Å². The molecule has 1 unspecified atom stereocenters. The Morgan fingerprint density at radius 1 is 1.16 bits per heavy atom. The minimum atomic E-state index is -0.591. The number of thioether (sulfide) groups is 1. The number of aromatic nitrogens is 1. The van der Waals surface area contributed by atoms with Gasteiger partial charge in [-0.3, -0.25) is 9.36 Å². The van der Waals surface area contributed by atoms with E-state index in [0.717, 1.165) is 16.0 Å². The third-order valence-corrected chi connectivity index (χ3v) is 6.84. The van der Waals surface area contributed by atoms with Crippen LogP contribution >= 0.6 is 23.1 Å². The van der Waals surface area contributed by atoms with Gasteiger partial charge in [-0.25, -0.2) is 9.79 Å². The molecule has 0 N–H and O–H groups in total. The fourth-order valence-corrected chi connectivity index (χ4v) is 5.12. The number of nitrogens with zero attached hydrogens (tertiary/aromatic N) is 2. The van der Waals surface area contributed by atoms with Gasteiger partial charge >= 0.3 is 5.97 Å². The minimum Gasteiger partial charge on any atom is -0.459 e. The van der Waals surface area contributed by atoms with Gasteiger partial charge in [0, 0.05) is 4.90 Å². The van der Waals surface area contributed by atoms with Crippen LogP contribution in [-0.4, -0.2) is 22.9 Å². The van der Waals surface area contributed by atoms with Crippen molar-refractivity contribution in [2.45, 2.75) is 37.8 Å². The fourth-order valence-electron chi connectivity index (χ4n) is 3.66. The van der Waals surface area contributed by atoms with E-state index in [1.807, 2.05) is 80.8 Å². The van der Waals surface area contributed by atoms with Gasteiger partial charge in [0.2, 0.25) is 0 Å². The summed E-state index contributed by atoms with van der Waals surface area (Å²) in [5, 5.41) is 0. The van der Waals surface area contributed by atoms with E-state index in [1.54, 1.807) is 23.3 Å². The summed E-state index contributed by atoms with van der Waals surface area (Å²) in [4.78, 5) is 32.9. The number of carbonyl (C=O) groups excluding carboxylic acids is 1. The summed E-state index contributed by atoms with van der Waals surface area (Å²) in [6, 6.07) is 17.0. The second-order valence-electron chi connectivity index (χ2n) is 7.72. The van der Waals surface area contributed by atoms with Crippen molar-refractivity contribution in [3.63, 3.8) is 0 Å². The molecule has 0 spiro atoms. The Balaban J connectivity index is 1.94. The van der Waals surface area contributed by atoms with E-state index in [9.17, 15) is 9.59 Å². The Kier molecular flexibility index (Phi) is 6.48. The smallest absolute Gasteiger partial charge is 0.338 e. The lowest BCUT2D eigenvalue weighted by atomic mass is 9.96. The van der Waals surface area contributed by atoms with Gasteiger partial charge in [-0.1, -0.05) is 53.8 Å². The monoisotopic (exact) mass is 464 g/mol. The number of benzene rings is 2. The summed E-state index contributed by atoms with van der Waals surface area (Å²) in [5.74, 6) is -0.447. The summed E-state index contributed by atoms with van der Waals surface area (Å²) in [6.07, 6.45) is 3.60. The summed E-state index contributed by atoms with van der Waals surface area (Å²) in [6.45, 7) is 5.42. The van der Waals surface area contributed by atoms with Crippen molar-refractivity contribution in [1.29, 1.82) is 0 Å². The van der Waals surface area contributed by atoms with E-state index in [2.05, 4.69) is 4.99 Å². The molecular formula is C25H24N2O3S2. The standard InChI is InChI=1S/C25H24N2O3S2/c1-15(2)30-24(29)21-16(3)26-25-27(22(21)18-10-12-19(31-4)13-11-18)23(28)20(32-25)14-17-8-6-5-7-9-17/h5-15,22H,1-4H3. The lowest BCUT2D eigenvalue weighted by molar-refractivity contribution is -0.143. The molecule has 164 valence electrons. The molecule has 0 radical (unpaired) electrons. The molecule has 4 rings (SSSR count). The van der Waals surface area contributed by atoms with Crippen LogP contribution in [0.25, 0.3) is 6.08 Å². The molecule has 0 aliphatic carbocycles. The first kappa shape index (κ1) is 22.3. The summed E-state index contributed by atoms with van der Waals surface area (Å²) >= 11 is 2.97. The van der Waals surface area contributed by atoms with E-state index in [1.165, 1.54) is 11.3 Å². The number of carbonyl (C=O) groups is 1. The maximum atomic E-state index is 13.5. The molecule has 1 aromatic heterocycles. The zero-order valence-corrected chi connectivity index (χ0v) is 20.0. The molecule has 0 fully saturated rings. The number of hydrogen-bond acceptors (Lipinski definition) is 6. The molecule has 1 aliphatic heterocycles. The number of esters is 1. The van der Waals surface area contributed by atoms with E-state index in [0.29, 0.717) is 20.6 Å². The Hall–Kier alpha value is -2.90. The molecule has 7 heteroatoms. The van der Waals surface area contributed by atoms with Crippen LogP contribution in [0.5, 0.6) is 0 Å². The second kappa shape index (κ2) is 9.30. The quantitative estimate of drug-likeness (QED) is 0.424. The summed E-state index contributed by atoms with van der Waals surface area (Å²) < 4.78 is 7.73. The van der Waals surface area contributed by atoms with Gasteiger partial charge in [-0.15, -0.1) is 11.8 Å². The molecule has 0 saturated carbocycles. The topological polar surface area (TPSA) is 60.7 Å². The molecule has 1 atom stereocenters. The van der Waals surface area contributed by atoms with E-state index < -0.39 is 12.0 Å². The number of ether oxygens (including phenoxy) is 1. The van der Waals surface area contributed by atoms with Crippen molar-refractivity contribution < 1.29 is 9.53 Å². The van der Waals surface area contributed by atoms with Gasteiger partial charge in [-0.05, 0) is 56.4 Å². The average Bonchev–Trinajstić information content (AvgIpc) is 3.07. The third kappa shape index (κ3) is 4.36. The van der Waals surface area contributed by atoms with Crippen molar-refractivity contribution in [2.24, 2.45) is 4.99 Å². The van der Waals surface area contributed by atoms with Crippen LogP contribution in [-0.2, 0) is 9.53 Å². The number of thiazole rings is 1. The first-order valence-corrected chi connectivity index (χ1v) is 12.4. The molecule has 2 aromatic carbocycles. The lowest BCUT2D eigenvalue weighted by Crippen LogP contribution is -2.40. The normalized spacial score (nSPS) is 16.2. The first-order valence-electron chi connectivity index (χ1n) is 10.3. The van der Waals surface area contributed by atoms with Gasteiger partial charge in [0.15, 0.2) is 4.80 Å². The number of fused-ring (bicyclic) bond motifs is 1. The molecule has 0 bridgehead atoms. The molecule has 32 heavy (non-hydrogen) atoms. The van der Waals surface area contributed by atoms with Gasteiger partial charge in [-0.2, -0.15) is 0 Å². The summed E-state index contributed by atoms with van der Waals surface area (Å²) in [7, 11) is 0. The summed E-state index contributed by atoms with van der Waals surface area (Å²) in [5.41, 5.74) is 2.59. The van der Waals surface area contributed by atoms with Gasteiger partial charge in [0.05, 0.1) is 27.9 Å². The lowest BCUT2D eigenvalue weighted by Gasteiger charge is -2.25. The number of hydrogen-bond donors (Lipinski definition) is 0. The van der Waals surface area contributed by atoms with Crippen LogP contribution in [0.4, 0.5) is 0 Å². The molecular weight excluding hydrogens is 440 g/mol. The van der Waals surface area contributed by atoms with Gasteiger partial charge in [0.1, 0.15) is 0 Å². The highest BCUT2D eigenvalue weighted by molar-refractivity contribution is 7.98. The maximum absolute atomic E-state index is 13.5. The van der Waals surface area contributed by atoms with Crippen molar-refractivity contribution in [2.75, 3.05) is 6.26 Å². The zero-order valence-electron chi connectivity index (χ0n) is 18.4.